The Kier molecular flexibility index (Phi) is 5.75. The zero-order chi connectivity index (χ0) is 24.1. The van der Waals surface area contributed by atoms with Crippen molar-refractivity contribution in [3.63, 3.8) is 0 Å². The summed E-state index contributed by atoms with van der Waals surface area (Å²) in [6.07, 6.45) is 2.50. The fourth-order valence-corrected chi connectivity index (χ4v) is 5.70. The molecule has 1 aromatic rings. The molecular weight excluding hydrogens is 416 g/mol. The number of amides is 1. The SMILES string of the molecule is CCN1C2=C(C(=O)CC(C)(C)C2)C(c2cccc(OCC(N)=O)c2)C2=C1CC(C)(C)CC2=O. The Balaban J connectivity index is 1.91. The van der Waals surface area contributed by atoms with Crippen LogP contribution in [0.15, 0.2) is 46.8 Å². The molecule has 0 radical (unpaired) electrons. The van der Waals surface area contributed by atoms with Crippen molar-refractivity contribution in [2.75, 3.05) is 13.2 Å². The molecule has 0 unspecified atom stereocenters. The van der Waals surface area contributed by atoms with E-state index in [-0.39, 0.29) is 29.0 Å². The highest BCUT2D eigenvalue weighted by Gasteiger charge is 2.48. The zero-order valence-electron chi connectivity index (χ0n) is 20.3. The minimum absolute atomic E-state index is 0.109. The molecule has 1 amide bonds. The molecule has 1 aromatic carbocycles. The smallest absolute Gasteiger partial charge is 0.255 e. The van der Waals surface area contributed by atoms with Crippen LogP contribution in [0.1, 0.15) is 71.8 Å². The van der Waals surface area contributed by atoms with Gasteiger partial charge in [-0.3, -0.25) is 14.4 Å². The van der Waals surface area contributed by atoms with Gasteiger partial charge in [-0.1, -0.05) is 39.8 Å². The van der Waals surface area contributed by atoms with E-state index in [1.165, 1.54) is 0 Å². The first-order valence-corrected chi connectivity index (χ1v) is 11.7. The molecule has 0 aromatic heterocycles. The quantitative estimate of drug-likeness (QED) is 0.724. The first-order chi connectivity index (χ1) is 15.4. The molecule has 1 heterocycles. The average Bonchev–Trinajstić information content (AvgIpc) is 2.69. The van der Waals surface area contributed by atoms with Crippen molar-refractivity contribution in [3.8, 4) is 5.75 Å². The van der Waals surface area contributed by atoms with E-state index < -0.39 is 11.8 Å². The van der Waals surface area contributed by atoms with Gasteiger partial charge in [-0.2, -0.15) is 0 Å². The summed E-state index contributed by atoms with van der Waals surface area (Å²) in [5, 5.41) is 0. The summed E-state index contributed by atoms with van der Waals surface area (Å²) < 4.78 is 5.55. The van der Waals surface area contributed by atoms with Crippen LogP contribution in [0.2, 0.25) is 0 Å². The molecule has 0 fully saturated rings. The topological polar surface area (TPSA) is 89.7 Å². The summed E-state index contributed by atoms with van der Waals surface area (Å²) in [5.41, 5.74) is 9.41. The van der Waals surface area contributed by atoms with Gasteiger partial charge in [-0.25, -0.2) is 0 Å². The van der Waals surface area contributed by atoms with Gasteiger partial charge < -0.3 is 15.4 Å². The number of nitrogens with two attached hydrogens (primary N) is 1. The predicted octanol–water partition coefficient (Wildman–Crippen LogP) is 4.26. The Morgan fingerprint density at radius 2 is 1.55 bits per heavy atom. The Bertz CT molecular complexity index is 1040. The van der Waals surface area contributed by atoms with Gasteiger partial charge in [0.1, 0.15) is 5.75 Å². The van der Waals surface area contributed by atoms with Gasteiger partial charge in [0.2, 0.25) is 0 Å². The Labute approximate surface area is 195 Å². The van der Waals surface area contributed by atoms with Gasteiger partial charge in [-0.05, 0) is 48.3 Å². The third kappa shape index (κ3) is 4.35. The van der Waals surface area contributed by atoms with Crippen LogP contribution in [-0.2, 0) is 14.4 Å². The molecule has 176 valence electrons. The minimum Gasteiger partial charge on any atom is -0.484 e. The van der Waals surface area contributed by atoms with Crippen LogP contribution in [0.4, 0.5) is 0 Å². The van der Waals surface area contributed by atoms with Crippen molar-refractivity contribution < 1.29 is 19.1 Å². The van der Waals surface area contributed by atoms with E-state index in [1.807, 2.05) is 18.2 Å². The molecule has 0 spiro atoms. The summed E-state index contributed by atoms with van der Waals surface area (Å²) >= 11 is 0. The number of hydrogen-bond acceptors (Lipinski definition) is 5. The average molecular weight is 451 g/mol. The number of hydrogen-bond donors (Lipinski definition) is 1. The van der Waals surface area contributed by atoms with Crippen LogP contribution in [0.5, 0.6) is 5.75 Å². The largest absolute Gasteiger partial charge is 0.484 e. The second kappa shape index (κ2) is 8.15. The molecule has 0 atom stereocenters. The highest BCUT2D eigenvalue weighted by Crippen LogP contribution is 2.54. The summed E-state index contributed by atoms with van der Waals surface area (Å²) in [5.74, 6) is -0.251. The van der Waals surface area contributed by atoms with E-state index in [1.54, 1.807) is 6.07 Å². The van der Waals surface area contributed by atoms with Crippen LogP contribution in [0.3, 0.4) is 0 Å². The lowest BCUT2D eigenvalue weighted by Crippen LogP contribution is -2.44. The van der Waals surface area contributed by atoms with Crippen molar-refractivity contribution in [3.05, 3.63) is 52.4 Å². The van der Waals surface area contributed by atoms with Crippen LogP contribution in [-0.4, -0.2) is 35.5 Å². The van der Waals surface area contributed by atoms with Gasteiger partial charge in [0, 0.05) is 47.8 Å². The van der Waals surface area contributed by atoms with E-state index in [9.17, 15) is 14.4 Å². The van der Waals surface area contributed by atoms with E-state index in [0.29, 0.717) is 18.6 Å². The number of carbonyl (C=O) groups is 3. The number of ether oxygens (including phenoxy) is 1. The van der Waals surface area contributed by atoms with Crippen molar-refractivity contribution in [1.82, 2.24) is 4.90 Å². The van der Waals surface area contributed by atoms with Gasteiger partial charge in [0.25, 0.3) is 5.91 Å². The maximum Gasteiger partial charge on any atom is 0.255 e. The first-order valence-electron chi connectivity index (χ1n) is 11.7. The number of allylic oxidation sites excluding steroid dienone is 4. The standard InChI is InChI=1S/C27H34N2O4/c1-6-29-18-11-26(2,3)13-20(30)24(18)23(25-19(29)12-27(4,5)14-21(25)31)16-8-7-9-17(10-16)33-15-22(28)32/h7-10,23H,6,11-15H2,1-5H3,(H2,28,32). The highest BCUT2D eigenvalue weighted by molar-refractivity contribution is 6.06. The summed E-state index contributed by atoms with van der Waals surface area (Å²) in [4.78, 5) is 40.6. The van der Waals surface area contributed by atoms with Crippen molar-refractivity contribution in [1.29, 1.82) is 0 Å². The van der Waals surface area contributed by atoms with E-state index >= 15 is 0 Å². The molecule has 1 aliphatic heterocycles. The molecule has 6 nitrogen and oxygen atoms in total. The summed E-state index contributed by atoms with van der Waals surface area (Å²) in [6, 6.07) is 7.38. The van der Waals surface area contributed by atoms with Gasteiger partial charge in [0.05, 0.1) is 0 Å². The van der Waals surface area contributed by atoms with Gasteiger partial charge >= 0.3 is 0 Å². The third-order valence-corrected chi connectivity index (χ3v) is 6.91. The molecule has 3 aliphatic rings. The second-order valence-corrected chi connectivity index (χ2v) is 11.1. The Morgan fingerprint density at radius 3 is 2.03 bits per heavy atom. The molecule has 0 saturated carbocycles. The van der Waals surface area contributed by atoms with Crippen LogP contribution in [0.25, 0.3) is 0 Å². The molecule has 33 heavy (non-hydrogen) atoms. The lowest BCUT2D eigenvalue weighted by Gasteiger charge is -2.48. The second-order valence-electron chi connectivity index (χ2n) is 11.1. The Hall–Kier alpha value is -2.89. The van der Waals surface area contributed by atoms with Crippen LogP contribution >= 0.6 is 0 Å². The maximum absolute atomic E-state index is 13.6. The first kappa shape index (κ1) is 23.3. The fourth-order valence-electron chi connectivity index (χ4n) is 5.70. The number of benzene rings is 1. The van der Waals surface area contributed by atoms with Crippen molar-refractivity contribution >= 4 is 17.5 Å². The minimum atomic E-state index is -0.555. The van der Waals surface area contributed by atoms with E-state index in [0.717, 1.165) is 47.5 Å². The third-order valence-electron chi connectivity index (χ3n) is 6.91. The molecule has 0 saturated heterocycles. The maximum atomic E-state index is 13.6. The van der Waals surface area contributed by atoms with Crippen LogP contribution in [0, 0.1) is 10.8 Å². The number of Topliss-reactive ketones (excluding diaryl/α,β-unsaturated/α-hetero) is 2. The van der Waals surface area contributed by atoms with Crippen LogP contribution < -0.4 is 10.5 Å². The number of primary amides is 1. The normalized spacial score (nSPS) is 22.3. The van der Waals surface area contributed by atoms with Gasteiger partial charge in [-0.15, -0.1) is 0 Å². The molecule has 0 bridgehead atoms. The highest BCUT2D eigenvalue weighted by atomic mass is 16.5. The van der Waals surface area contributed by atoms with Crippen molar-refractivity contribution in [2.24, 2.45) is 16.6 Å². The molecule has 2 N–H and O–H groups in total. The van der Waals surface area contributed by atoms with E-state index in [4.69, 9.17) is 10.5 Å². The van der Waals surface area contributed by atoms with Gasteiger partial charge in [0.15, 0.2) is 18.2 Å². The lowest BCUT2D eigenvalue weighted by molar-refractivity contribution is -0.120. The van der Waals surface area contributed by atoms with E-state index in [2.05, 4.69) is 39.5 Å². The zero-order valence-corrected chi connectivity index (χ0v) is 20.3. The number of nitrogens with zero attached hydrogens (tertiary/aromatic N) is 1. The number of ketones is 2. The fraction of sp³-hybridized carbons (Fsp3) is 0.519. The summed E-state index contributed by atoms with van der Waals surface area (Å²) in [6.45, 7) is 11.1. The monoisotopic (exact) mass is 450 g/mol. The number of carbonyl (C=O) groups excluding carboxylic acids is 3. The molecule has 4 rings (SSSR count). The lowest BCUT2D eigenvalue weighted by atomic mass is 9.63. The predicted molar refractivity (Wildman–Crippen MR) is 126 cm³/mol. The molecule has 6 heteroatoms. The molecular formula is C27H34N2O4. The molecule has 2 aliphatic carbocycles. The number of rotatable bonds is 5. The summed E-state index contributed by atoms with van der Waals surface area (Å²) in [7, 11) is 0. The van der Waals surface area contributed by atoms with Crippen molar-refractivity contribution in [2.45, 2.75) is 66.2 Å². The Morgan fingerprint density at radius 1 is 1.00 bits per heavy atom.